The van der Waals surface area contributed by atoms with E-state index >= 15 is 0 Å². The standard InChI is InChI=1S/C18H21BFN3O5S/c1-12(2)23(21-10-13-4-6-15(20)17(8-13)28-3)22-11-29(26,27)18-9-14(19(24)25)5-7-16(18)22/h4-10,12,24-25H,11H2,1-3H3/b21-10+. The van der Waals surface area contributed by atoms with E-state index in [1.807, 2.05) is 13.8 Å². The molecule has 0 atom stereocenters. The first-order valence-electron chi connectivity index (χ1n) is 8.81. The van der Waals surface area contributed by atoms with Gasteiger partial charge in [-0.1, -0.05) is 12.1 Å². The lowest BCUT2D eigenvalue weighted by Gasteiger charge is -2.33. The highest BCUT2D eigenvalue weighted by Gasteiger charge is 2.37. The van der Waals surface area contributed by atoms with Crippen LogP contribution >= 0.6 is 0 Å². The Balaban J connectivity index is 1.97. The van der Waals surface area contributed by atoms with Crippen molar-refractivity contribution in [3.8, 4) is 5.75 Å². The predicted octanol–water partition coefficient (Wildman–Crippen LogP) is 0.725. The van der Waals surface area contributed by atoms with Gasteiger partial charge in [0.2, 0.25) is 9.84 Å². The van der Waals surface area contributed by atoms with Gasteiger partial charge in [-0.05, 0) is 49.1 Å². The van der Waals surface area contributed by atoms with Crippen molar-refractivity contribution in [3.05, 3.63) is 47.8 Å². The molecular formula is C18H21BFN3O5S. The smallest absolute Gasteiger partial charge is 0.488 e. The number of halogens is 1. The van der Waals surface area contributed by atoms with Gasteiger partial charge in [0.25, 0.3) is 0 Å². The highest BCUT2D eigenvalue weighted by Crippen LogP contribution is 2.35. The number of benzene rings is 2. The maximum Gasteiger partial charge on any atom is 0.488 e. The molecule has 0 saturated carbocycles. The van der Waals surface area contributed by atoms with Crippen LogP contribution in [0.2, 0.25) is 0 Å². The number of nitrogens with zero attached hydrogens (tertiary/aromatic N) is 3. The van der Waals surface area contributed by atoms with Crippen LogP contribution in [0.5, 0.6) is 5.75 Å². The van der Waals surface area contributed by atoms with Gasteiger partial charge in [-0.15, -0.1) is 0 Å². The Labute approximate surface area is 168 Å². The molecular weight excluding hydrogens is 400 g/mol. The van der Waals surface area contributed by atoms with Crippen LogP contribution in [0.4, 0.5) is 10.1 Å². The number of hydrogen-bond donors (Lipinski definition) is 2. The van der Waals surface area contributed by atoms with Crippen molar-refractivity contribution in [1.82, 2.24) is 5.12 Å². The summed E-state index contributed by atoms with van der Waals surface area (Å²) in [5.74, 6) is -0.753. The van der Waals surface area contributed by atoms with Crippen LogP contribution in [0.3, 0.4) is 0 Å². The average Bonchev–Trinajstić information content (AvgIpc) is 2.93. The Morgan fingerprint density at radius 3 is 2.62 bits per heavy atom. The summed E-state index contributed by atoms with van der Waals surface area (Å²) in [6, 6.07) is 8.30. The summed E-state index contributed by atoms with van der Waals surface area (Å²) in [6.45, 7) is 3.69. The lowest BCUT2D eigenvalue weighted by molar-refractivity contribution is 0.221. The van der Waals surface area contributed by atoms with Gasteiger partial charge in [0.15, 0.2) is 11.6 Å². The van der Waals surface area contributed by atoms with Gasteiger partial charge in [-0.25, -0.2) is 17.9 Å². The Kier molecular flexibility index (Phi) is 5.83. The SMILES string of the molecule is COc1cc(/C=N/N(C(C)C)N2CS(=O)(=O)c3cc(B(O)O)ccc32)ccc1F. The molecule has 0 spiro atoms. The minimum atomic E-state index is -3.67. The zero-order chi connectivity index (χ0) is 21.3. The number of fused-ring (bicyclic) bond motifs is 1. The van der Waals surface area contributed by atoms with E-state index in [2.05, 4.69) is 5.10 Å². The van der Waals surface area contributed by atoms with Crippen molar-refractivity contribution in [2.24, 2.45) is 5.10 Å². The first-order chi connectivity index (χ1) is 13.6. The molecule has 8 nitrogen and oxygen atoms in total. The quantitative estimate of drug-likeness (QED) is 0.403. The van der Waals surface area contributed by atoms with E-state index in [4.69, 9.17) is 4.74 Å². The van der Waals surface area contributed by atoms with Gasteiger partial charge >= 0.3 is 7.12 Å². The first-order valence-corrected chi connectivity index (χ1v) is 10.5. The number of sulfone groups is 1. The van der Waals surface area contributed by atoms with Gasteiger partial charge in [-0.3, -0.25) is 5.01 Å². The van der Waals surface area contributed by atoms with Crippen LogP contribution in [0.1, 0.15) is 19.4 Å². The highest BCUT2D eigenvalue weighted by atomic mass is 32.2. The number of ether oxygens (including phenoxy) is 1. The summed E-state index contributed by atoms with van der Waals surface area (Å²) in [7, 11) is -4.07. The molecule has 29 heavy (non-hydrogen) atoms. The van der Waals surface area contributed by atoms with Gasteiger partial charge in [0, 0.05) is 0 Å². The molecule has 1 aliphatic rings. The van der Waals surface area contributed by atoms with E-state index < -0.39 is 22.8 Å². The summed E-state index contributed by atoms with van der Waals surface area (Å²) >= 11 is 0. The van der Waals surface area contributed by atoms with Crippen molar-refractivity contribution in [3.63, 3.8) is 0 Å². The van der Waals surface area contributed by atoms with Crippen molar-refractivity contribution in [1.29, 1.82) is 0 Å². The fourth-order valence-corrected chi connectivity index (χ4v) is 4.51. The molecule has 0 unspecified atom stereocenters. The fraction of sp³-hybridized carbons (Fsp3) is 0.278. The molecule has 2 N–H and O–H groups in total. The van der Waals surface area contributed by atoms with Crippen molar-refractivity contribution in [2.75, 3.05) is 18.0 Å². The normalized spacial score (nSPS) is 15.1. The topological polar surface area (TPSA) is 103 Å². The molecule has 1 aliphatic heterocycles. The molecule has 0 bridgehead atoms. The minimum Gasteiger partial charge on any atom is -0.494 e. The van der Waals surface area contributed by atoms with Crippen LogP contribution in [0.25, 0.3) is 0 Å². The zero-order valence-corrected chi connectivity index (χ0v) is 17.0. The monoisotopic (exact) mass is 421 g/mol. The summed E-state index contributed by atoms with van der Waals surface area (Å²) in [4.78, 5) is 0.00685. The molecule has 0 amide bonds. The number of hydrazine groups is 1. The third-order valence-corrected chi connectivity index (χ3v) is 5.98. The van der Waals surface area contributed by atoms with Crippen LogP contribution in [0, 0.1) is 5.82 Å². The van der Waals surface area contributed by atoms with Crippen LogP contribution < -0.4 is 15.2 Å². The molecule has 0 saturated heterocycles. The van der Waals surface area contributed by atoms with Crippen LogP contribution in [-0.2, 0) is 9.84 Å². The average molecular weight is 421 g/mol. The van der Waals surface area contributed by atoms with E-state index in [0.29, 0.717) is 11.3 Å². The molecule has 2 aromatic carbocycles. The third kappa shape index (κ3) is 4.21. The molecule has 11 heteroatoms. The third-order valence-electron chi connectivity index (χ3n) is 4.40. The van der Waals surface area contributed by atoms with Crippen molar-refractivity contribution < 1.29 is 27.6 Å². The number of anilines is 1. The van der Waals surface area contributed by atoms with E-state index in [1.54, 1.807) is 0 Å². The summed E-state index contributed by atoms with van der Waals surface area (Å²) in [6.07, 6.45) is 1.48. The molecule has 3 rings (SSSR count). The maximum atomic E-state index is 13.6. The second-order valence-electron chi connectivity index (χ2n) is 6.80. The number of methoxy groups -OCH3 is 1. The van der Waals surface area contributed by atoms with E-state index in [9.17, 15) is 22.9 Å². The van der Waals surface area contributed by atoms with Gasteiger partial charge in [0.1, 0.15) is 5.88 Å². The van der Waals surface area contributed by atoms with Crippen LogP contribution in [0.15, 0.2) is 46.4 Å². The molecule has 0 aliphatic carbocycles. The number of rotatable bonds is 6. The zero-order valence-electron chi connectivity index (χ0n) is 16.2. The van der Waals surface area contributed by atoms with E-state index in [0.717, 1.165) is 0 Å². The second-order valence-corrected chi connectivity index (χ2v) is 8.72. The Morgan fingerprint density at radius 1 is 1.28 bits per heavy atom. The van der Waals surface area contributed by atoms with E-state index in [1.165, 1.54) is 59.8 Å². The lowest BCUT2D eigenvalue weighted by atomic mass is 9.80. The highest BCUT2D eigenvalue weighted by molar-refractivity contribution is 7.92. The molecule has 1 heterocycles. The van der Waals surface area contributed by atoms with Crippen molar-refractivity contribution in [2.45, 2.75) is 24.8 Å². The van der Waals surface area contributed by atoms with Crippen LogP contribution in [-0.4, -0.2) is 55.9 Å². The molecule has 0 aromatic heterocycles. The van der Waals surface area contributed by atoms with Gasteiger partial charge in [0.05, 0.1) is 29.9 Å². The fourth-order valence-electron chi connectivity index (χ4n) is 2.98. The molecule has 2 aromatic rings. The van der Waals surface area contributed by atoms with Crippen molar-refractivity contribution >= 4 is 34.3 Å². The number of hydrazone groups is 1. The summed E-state index contributed by atoms with van der Waals surface area (Å²) in [5.41, 5.74) is 1.05. The minimum absolute atomic E-state index is 0.00685. The van der Waals surface area contributed by atoms with Gasteiger partial charge in [-0.2, -0.15) is 5.10 Å². The van der Waals surface area contributed by atoms with Gasteiger partial charge < -0.3 is 14.8 Å². The lowest BCUT2D eigenvalue weighted by Crippen LogP contribution is -2.43. The number of hydrogen-bond acceptors (Lipinski definition) is 8. The Bertz CT molecular complexity index is 1050. The Morgan fingerprint density at radius 2 is 2.00 bits per heavy atom. The largest absolute Gasteiger partial charge is 0.494 e. The summed E-state index contributed by atoms with van der Waals surface area (Å²) in [5, 5.41) is 26.1. The predicted molar refractivity (Wildman–Crippen MR) is 108 cm³/mol. The molecule has 154 valence electrons. The maximum absolute atomic E-state index is 13.6. The summed E-state index contributed by atoms with van der Waals surface area (Å²) < 4.78 is 43.8. The first kappa shape index (κ1) is 21.1. The van der Waals surface area contributed by atoms with E-state index in [-0.39, 0.29) is 28.0 Å². The molecule has 0 radical (unpaired) electrons. The second kappa shape index (κ2) is 8.01. The Hall–Kier alpha value is -2.63. The molecule has 0 fully saturated rings.